The van der Waals surface area contributed by atoms with Crippen molar-refractivity contribution in [2.75, 3.05) is 50.1 Å². The molecule has 0 saturated carbocycles. The summed E-state index contributed by atoms with van der Waals surface area (Å²) in [6.45, 7) is 9.53. The average molecular weight is 593 g/mol. The molecule has 3 N–H and O–H groups in total. The van der Waals surface area contributed by atoms with E-state index in [4.69, 9.17) is 4.74 Å². The summed E-state index contributed by atoms with van der Waals surface area (Å²) in [6, 6.07) is 15.1. The Bertz CT molecular complexity index is 1820. The Morgan fingerprint density at radius 3 is 2.61 bits per heavy atom. The zero-order chi connectivity index (χ0) is 30.6. The first kappa shape index (κ1) is 28.6. The molecule has 0 bridgehead atoms. The minimum Gasteiger partial charge on any atom is -0.450 e. The zero-order valence-corrected chi connectivity index (χ0v) is 24.4. The number of rotatable bonds is 8. The van der Waals surface area contributed by atoms with E-state index in [9.17, 15) is 9.59 Å². The van der Waals surface area contributed by atoms with E-state index in [1.807, 2.05) is 48.5 Å². The Hall–Kier alpha value is -5.56. The van der Waals surface area contributed by atoms with Crippen LogP contribution < -0.4 is 15.5 Å². The summed E-state index contributed by atoms with van der Waals surface area (Å²) in [7, 11) is 2.11. The monoisotopic (exact) mass is 592 g/mol. The summed E-state index contributed by atoms with van der Waals surface area (Å²) in [5, 5.41) is 5.45. The van der Waals surface area contributed by atoms with Crippen molar-refractivity contribution in [3.05, 3.63) is 85.2 Å². The summed E-state index contributed by atoms with van der Waals surface area (Å²) in [4.78, 5) is 50.9. The number of aromatic nitrogens is 6. The fraction of sp³-hybridized carbons (Fsp3) is 0.226. The number of piperazine rings is 1. The molecule has 2 amide bonds. The maximum absolute atomic E-state index is 13.0. The van der Waals surface area contributed by atoms with Gasteiger partial charge in [-0.3, -0.25) is 10.1 Å². The molecular formula is C31H32N10O3. The van der Waals surface area contributed by atoms with E-state index in [0.29, 0.717) is 33.7 Å². The van der Waals surface area contributed by atoms with Gasteiger partial charge in [-0.1, -0.05) is 36.9 Å². The Labute approximate surface area is 253 Å². The van der Waals surface area contributed by atoms with Gasteiger partial charge in [0.2, 0.25) is 5.95 Å². The number of likely N-dealkylation sites (N-methyl/N-ethyl adjacent to an activating group) is 1. The SMILES string of the molecule is C=C(NC(=O)c1cn(-c2cc(-c3cc(N4CCN(C)CC4)ncn3)c3nc(NC(=O)OCC)[nH]c3c2)cn1)c1ccccc1. The number of ether oxygens (including phenoxy) is 1. The summed E-state index contributed by atoms with van der Waals surface area (Å²) >= 11 is 0. The molecule has 3 aromatic heterocycles. The van der Waals surface area contributed by atoms with Crippen molar-refractivity contribution in [2.45, 2.75) is 6.92 Å². The molecule has 13 nitrogen and oxygen atoms in total. The first-order valence-electron chi connectivity index (χ1n) is 14.2. The van der Waals surface area contributed by atoms with Gasteiger partial charge in [-0.05, 0) is 31.7 Å². The zero-order valence-electron chi connectivity index (χ0n) is 24.4. The van der Waals surface area contributed by atoms with Gasteiger partial charge in [-0.15, -0.1) is 0 Å². The first-order valence-corrected chi connectivity index (χ1v) is 14.2. The number of nitrogens with zero attached hydrogens (tertiary/aromatic N) is 7. The predicted molar refractivity (Wildman–Crippen MR) is 168 cm³/mol. The number of amides is 2. The van der Waals surface area contributed by atoms with Crippen molar-refractivity contribution in [1.29, 1.82) is 0 Å². The van der Waals surface area contributed by atoms with Crippen LogP contribution in [0.5, 0.6) is 0 Å². The number of imidazole rings is 2. The minimum absolute atomic E-state index is 0.220. The van der Waals surface area contributed by atoms with Crippen LogP contribution in [0.4, 0.5) is 16.6 Å². The molecule has 1 aliphatic rings. The van der Waals surface area contributed by atoms with Crippen molar-refractivity contribution in [2.24, 2.45) is 0 Å². The van der Waals surface area contributed by atoms with Crippen molar-refractivity contribution >= 4 is 40.5 Å². The lowest BCUT2D eigenvalue weighted by atomic mass is 10.1. The lowest BCUT2D eigenvalue weighted by Gasteiger charge is -2.33. The molecule has 6 rings (SSSR count). The molecule has 0 radical (unpaired) electrons. The lowest BCUT2D eigenvalue weighted by Crippen LogP contribution is -2.44. The van der Waals surface area contributed by atoms with Gasteiger partial charge < -0.3 is 29.4 Å². The van der Waals surface area contributed by atoms with Crippen molar-refractivity contribution in [3.63, 3.8) is 0 Å². The number of carbonyl (C=O) groups is 2. The van der Waals surface area contributed by atoms with Gasteiger partial charge in [0.1, 0.15) is 29.7 Å². The molecule has 0 spiro atoms. The summed E-state index contributed by atoms with van der Waals surface area (Å²) in [5.41, 5.74) is 4.81. The van der Waals surface area contributed by atoms with Crippen LogP contribution in [-0.4, -0.2) is 86.2 Å². The van der Waals surface area contributed by atoms with Gasteiger partial charge >= 0.3 is 6.09 Å². The van der Waals surface area contributed by atoms with Gasteiger partial charge in [-0.25, -0.2) is 24.7 Å². The smallest absolute Gasteiger partial charge is 0.413 e. The van der Waals surface area contributed by atoms with Crippen molar-refractivity contribution in [1.82, 2.24) is 39.7 Å². The number of anilines is 2. The minimum atomic E-state index is -0.616. The van der Waals surface area contributed by atoms with Crippen molar-refractivity contribution < 1.29 is 14.3 Å². The second-order valence-electron chi connectivity index (χ2n) is 10.3. The number of H-pyrrole nitrogens is 1. The van der Waals surface area contributed by atoms with E-state index >= 15 is 0 Å². The molecule has 4 heterocycles. The third-order valence-corrected chi connectivity index (χ3v) is 7.32. The molecule has 224 valence electrons. The van der Waals surface area contributed by atoms with Crippen LogP contribution >= 0.6 is 0 Å². The topological polar surface area (TPSA) is 146 Å². The van der Waals surface area contributed by atoms with Crippen LogP contribution in [0.2, 0.25) is 0 Å². The summed E-state index contributed by atoms with van der Waals surface area (Å²) < 4.78 is 6.77. The van der Waals surface area contributed by atoms with Gasteiger partial charge in [0.05, 0.1) is 17.8 Å². The molecule has 2 aromatic carbocycles. The third-order valence-electron chi connectivity index (χ3n) is 7.32. The largest absolute Gasteiger partial charge is 0.450 e. The maximum atomic E-state index is 13.0. The molecular weight excluding hydrogens is 560 g/mol. The second kappa shape index (κ2) is 12.4. The van der Waals surface area contributed by atoms with E-state index in [-0.39, 0.29) is 24.2 Å². The molecule has 1 fully saturated rings. The molecule has 5 aromatic rings. The molecule has 0 unspecified atom stereocenters. The van der Waals surface area contributed by atoms with Gasteiger partial charge in [0, 0.05) is 55.4 Å². The normalized spacial score (nSPS) is 13.5. The lowest BCUT2D eigenvalue weighted by molar-refractivity contribution is 0.0969. The standard InChI is InChI=1S/C31H32N10O3/c1-4-44-31(43)38-30-36-25-15-22(41-17-26(34-19-41)29(42)35-20(2)21-8-6-5-7-9-21)14-23(28(25)37-30)24-16-27(33-18-32-24)40-12-10-39(3)11-13-40/h5-9,14-19H,2,4,10-13H2,1,3H3,(H,35,42)(H2,36,37,38,43). The number of benzene rings is 2. The van der Waals surface area contributed by atoms with Crippen LogP contribution in [0.25, 0.3) is 33.7 Å². The predicted octanol–water partition coefficient (Wildman–Crippen LogP) is 3.93. The van der Waals surface area contributed by atoms with Crippen LogP contribution in [0.1, 0.15) is 23.0 Å². The van der Waals surface area contributed by atoms with Crippen LogP contribution in [0.3, 0.4) is 0 Å². The fourth-order valence-corrected chi connectivity index (χ4v) is 4.97. The summed E-state index contributed by atoms with van der Waals surface area (Å²) in [5.74, 6) is 0.673. The molecule has 0 atom stereocenters. The van der Waals surface area contributed by atoms with Gasteiger partial charge in [0.25, 0.3) is 5.91 Å². The highest BCUT2D eigenvalue weighted by Gasteiger charge is 2.20. The van der Waals surface area contributed by atoms with E-state index in [1.54, 1.807) is 30.3 Å². The second-order valence-corrected chi connectivity index (χ2v) is 10.3. The van der Waals surface area contributed by atoms with Crippen LogP contribution in [0, 0.1) is 0 Å². The fourth-order valence-electron chi connectivity index (χ4n) is 4.97. The van der Waals surface area contributed by atoms with Crippen molar-refractivity contribution in [3.8, 4) is 16.9 Å². The highest BCUT2D eigenvalue weighted by Crippen LogP contribution is 2.32. The van der Waals surface area contributed by atoms with Crippen LogP contribution in [0.15, 0.2) is 74.0 Å². The Balaban J connectivity index is 1.35. The molecule has 0 aliphatic carbocycles. The highest BCUT2D eigenvalue weighted by atomic mass is 16.5. The quantitative estimate of drug-likeness (QED) is 0.244. The molecule has 13 heteroatoms. The van der Waals surface area contributed by atoms with Crippen LogP contribution in [-0.2, 0) is 4.74 Å². The Kier molecular flexibility index (Phi) is 8.02. The van der Waals surface area contributed by atoms with Gasteiger partial charge in [-0.2, -0.15) is 0 Å². The first-order chi connectivity index (χ1) is 21.4. The Morgan fingerprint density at radius 2 is 1.84 bits per heavy atom. The average Bonchev–Trinajstić information content (AvgIpc) is 3.69. The maximum Gasteiger partial charge on any atom is 0.413 e. The number of fused-ring (bicyclic) bond motifs is 1. The number of nitrogens with one attached hydrogen (secondary N) is 3. The number of aromatic amines is 1. The van der Waals surface area contributed by atoms with Gasteiger partial charge in [0.15, 0.2) is 0 Å². The molecule has 1 saturated heterocycles. The number of hydrogen-bond acceptors (Lipinski definition) is 9. The number of carbonyl (C=O) groups excluding carboxylic acids is 2. The third kappa shape index (κ3) is 6.13. The van der Waals surface area contributed by atoms with E-state index in [0.717, 1.165) is 37.6 Å². The molecule has 44 heavy (non-hydrogen) atoms. The highest BCUT2D eigenvalue weighted by molar-refractivity contribution is 5.98. The Morgan fingerprint density at radius 1 is 1.05 bits per heavy atom. The number of hydrogen-bond donors (Lipinski definition) is 3. The molecule has 1 aliphatic heterocycles. The van der Waals surface area contributed by atoms with E-state index in [2.05, 4.69) is 59.0 Å². The van der Waals surface area contributed by atoms with E-state index < -0.39 is 6.09 Å². The van der Waals surface area contributed by atoms with E-state index in [1.165, 1.54) is 0 Å². The summed E-state index contributed by atoms with van der Waals surface area (Å²) in [6.07, 6.45) is 4.14.